The van der Waals surface area contributed by atoms with Crippen LogP contribution in [-0.2, 0) is 0 Å². The molecule has 0 aromatic heterocycles. The van der Waals surface area contributed by atoms with Crippen LogP contribution in [0.15, 0.2) is 47.6 Å². The van der Waals surface area contributed by atoms with E-state index in [4.69, 9.17) is 14.2 Å². The first kappa shape index (κ1) is 20.3. The first-order chi connectivity index (χ1) is 13.0. The van der Waals surface area contributed by atoms with Crippen LogP contribution >= 0.6 is 0 Å². The Morgan fingerprint density at radius 3 is 2.04 bits per heavy atom. The predicted molar refractivity (Wildman–Crippen MR) is 106 cm³/mol. The average Bonchev–Trinajstić information content (AvgIpc) is 2.69. The summed E-state index contributed by atoms with van der Waals surface area (Å²) >= 11 is 0. The summed E-state index contributed by atoms with van der Waals surface area (Å²) in [6, 6.07) is 13.0. The highest BCUT2D eigenvalue weighted by atomic mass is 16.5. The molecular formula is C21H26N2O4. The molecule has 27 heavy (non-hydrogen) atoms. The van der Waals surface area contributed by atoms with Gasteiger partial charge in [0, 0.05) is 5.56 Å². The normalized spacial score (nSPS) is 11.3. The maximum atomic E-state index is 12.6. The van der Waals surface area contributed by atoms with E-state index in [1.54, 1.807) is 12.1 Å². The Hall–Kier alpha value is -3.02. The highest BCUT2D eigenvalue weighted by Gasteiger charge is 2.17. The van der Waals surface area contributed by atoms with Crippen LogP contribution in [-0.4, -0.2) is 32.9 Å². The SMILES string of the molecule is COc1cc(C(=O)N/N=C(/CC(C)C)c2ccccc2)cc(OC)c1OC. The lowest BCUT2D eigenvalue weighted by atomic mass is 10.0. The van der Waals surface area contributed by atoms with Crippen molar-refractivity contribution in [1.82, 2.24) is 5.43 Å². The Bertz CT molecular complexity index is 776. The van der Waals surface area contributed by atoms with E-state index in [0.29, 0.717) is 28.7 Å². The Morgan fingerprint density at radius 2 is 1.56 bits per heavy atom. The quantitative estimate of drug-likeness (QED) is 0.565. The summed E-state index contributed by atoms with van der Waals surface area (Å²) in [5.74, 6) is 1.31. The molecule has 0 spiro atoms. The van der Waals surface area contributed by atoms with E-state index in [9.17, 15) is 4.79 Å². The Morgan fingerprint density at radius 1 is 0.963 bits per heavy atom. The molecule has 1 N–H and O–H groups in total. The number of hydrogen-bond acceptors (Lipinski definition) is 5. The molecule has 2 rings (SSSR count). The van der Waals surface area contributed by atoms with Gasteiger partial charge in [0.1, 0.15) is 0 Å². The van der Waals surface area contributed by atoms with Crippen LogP contribution in [0.5, 0.6) is 17.2 Å². The lowest BCUT2D eigenvalue weighted by molar-refractivity contribution is 0.0954. The molecule has 0 radical (unpaired) electrons. The lowest BCUT2D eigenvalue weighted by Crippen LogP contribution is -2.21. The van der Waals surface area contributed by atoms with E-state index in [1.807, 2.05) is 30.3 Å². The molecule has 144 valence electrons. The smallest absolute Gasteiger partial charge is 0.271 e. The second-order valence-corrected chi connectivity index (χ2v) is 6.38. The fourth-order valence-corrected chi connectivity index (χ4v) is 2.64. The number of nitrogens with zero attached hydrogens (tertiary/aromatic N) is 1. The number of carbonyl (C=O) groups excluding carboxylic acids is 1. The molecule has 0 aliphatic carbocycles. The molecule has 2 aromatic carbocycles. The van der Waals surface area contributed by atoms with Crippen molar-refractivity contribution < 1.29 is 19.0 Å². The van der Waals surface area contributed by atoms with Crippen LogP contribution in [0, 0.1) is 5.92 Å². The molecule has 0 bridgehead atoms. The highest BCUT2D eigenvalue weighted by Crippen LogP contribution is 2.38. The van der Waals surface area contributed by atoms with Gasteiger partial charge in [0.05, 0.1) is 27.0 Å². The number of ether oxygens (including phenoxy) is 3. The van der Waals surface area contributed by atoms with Gasteiger partial charge in [-0.3, -0.25) is 4.79 Å². The molecule has 2 aromatic rings. The van der Waals surface area contributed by atoms with Gasteiger partial charge in [-0.1, -0.05) is 44.2 Å². The van der Waals surface area contributed by atoms with Crippen molar-refractivity contribution in [2.45, 2.75) is 20.3 Å². The number of carbonyl (C=O) groups is 1. The van der Waals surface area contributed by atoms with Crippen molar-refractivity contribution in [1.29, 1.82) is 0 Å². The molecule has 0 unspecified atom stereocenters. The van der Waals surface area contributed by atoms with Crippen LogP contribution < -0.4 is 19.6 Å². The maximum Gasteiger partial charge on any atom is 0.271 e. The van der Waals surface area contributed by atoms with Crippen molar-refractivity contribution in [3.05, 3.63) is 53.6 Å². The van der Waals surface area contributed by atoms with Gasteiger partial charge in [0.2, 0.25) is 5.75 Å². The standard InChI is InChI=1S/C21H26N2O4/c1-14(2)11-17(15-9-7-6-8-10-15)22-23-21(24)16-12-18(25-3)20(27-5)19(13-16)26-4/h6-10,12-14H,11H2,1-5H3,(H,23,24)/b22-17-. The first-order valence-corrected chi connectivity index (χ1v) is 8.72. The number of methoxy groups -OCH3 is 3. The van der Waals surface area contributed by atoms with E-state index in [2.05, 4.69) is 24.4 Å². The van der Waals surface area contributed by atoms with Crippen molar-refractivity contribution in [3.63, 3.8) is 0 Å². The molecule has 0 aliphatic heterocycles. The molecule has 0 heterocycles. The minimum atomic E-state index is -0.355. The molecule has 1 amide bonds. The number of benzene rings is 2. The summed E-state index contributed by atoms with van der Waals surface area (Å²) in [5, 5.41) is 4.37. The topological polar surface area (TPSA) is 69.2 Å². The number of hydrogen-bond donors (Lipinski definition) is 1. The summed E-state index contributed by atoms with van der Waals surface area (Å²) in [7, 11) is 4.53. The largest absolute Gasteiger partial charge is 0.493 e. The van der Waals surface area contributed by atoms with E-state index in [1.165, 1.54) is 21.3 Å². The number of rotatable bonds is 8. The van der Waals surface area contributed by atoms with E-state index >= 15 is 0 Å². The third-order valence-electron chi connectivity index (χ3n) is 3.93. The third-order valence-corrected chi connectivity index (χ3v) is 3.93. The lowest BCUT2D eigenvalue weighted by Gasteiger charge is -2.14. The number of hydrazone groups is 1. The van der Waals surface area contributed by atoms with Crippen LogP contribution in [0.4, 0.5) is 0 Å². The molecular weight excluding hydrogens is 344 g/mol. The minimum Gasteiger partial charge on any atom is -0.493 e. The average molecular weight is 370 g/mol. The van der Waals surface area contributed by atoms with E-state index < -0.39 is 0 Å². The zero-order chi connectivity index (χ0) is 19.8. The van der Waals surface area contributed by atoms with Crippen LogP contribution in [0.1, 0.15) is 36.2 Å². The molecule has 0 saturated heterocycles. The number of nitrogens with one attached hydrogen (secondary N) is 1. The maximum absolute atomic E-state index is 12.6. The van der Waals surface area contributed by atoms with Crippen LogP contribution in [0.3, 0.4) is 0 Å². The van der Waals surface area contributed by atoms with E-state index in [-0.39, 0.29) is 5.91 Å². The van der Waals surface area contributed by atoms with Gasteiger partial charge in [-0.05, 0) is 30.0 Å². The molecule has 0 atom stereocenters. The monoisotopic (exact) mass is 370 g/mol. The summed E-state index contributed by atoms with van der Waals surface area (Å²) < 4.78 is 15.9. The Balaban J connectivity index is 2.30. The van der Waals surface area contributed by atoms with Gasteiger partial charge in [-0.2, -0.15) is 5.10 Å². The van der Waals surface area contributed by atoms with Gasteiger partial charge >= 0.3 is 0 Å². The predicted octanol–water partition coefficient (Wildman–Crippen LogP) is 3.89. The Labute approximate surface area is 160 Å². The minimum absolute atomic E-state index is 0.355. The van der Waals surface area contributed by atoms with Crippen molar-refractivity contribution >= 4 is 11.6 Å². The highest BCUT2D eigenvalue weighted by molar-refractivity contribution is 6.02. The second-order valence-electron chi connectivity index (χ2n) is 6.38. The fraction of sp³-hybridized carbons (Fsp3) is 0.333. The molecule has 0 saturated carbocycles. The first-order valence-electron chi connectivity index (χ1n) is 8.72. The van der Waals surface area contributed by atoms with Crippen LogP contribution in [0.25, 0.3) is 0 Å². The summed E-state index contributed by atoms with van der Waals surface area (Å²) in [5.41, 5.74) is 4.81. The molecule has 0 aliphatic rings. The summed E-state index contributed by atoms with van der Waals surface area (Å²) in [4.78, 5) is 12.6. The number of amides is 1. The zero-order valence-electron chi connectivity index (χ0n) is 16.4. The van der Waals surface area contributed by atoms with Gasteiger partial charge in [0.25, 0.3) is 5.91 Å². The molecule has 6 heteroatoms. The van der Waals surface area contributed by atoms with Crippen molar-refractivity contribution in [2.24, 2.45) is 11.0 Å². The van der Waals surface area contributed by atoms with Crippen molar-refractivity contribution in [3.8, 4) is 17.2 Å². The Kier molecular flexibility index (Phi) is 7.23. The second kappa shape index (κ2) is 9.62. The van der Waals surface area contributed by atoms with E-state index in [0.717, 1.165) is 17.7 Å². The summed E-state index contributed by atoms with van der Waals surface area (Å²) in [6.45, 7) is 4.22. The molecule has 0 fully saturated rings. The van der Waals surface area contributed by atoms with Gasteiger partial charge in [0.15, 0.2) is 11.5 Å². The van der Waals surface area contributed by atoms with Gasteiger partial charge in [-0.25, -0.2) is 5.43 Å². The molecule has 6 nitrogen and oxygen atoms in total. The van der Waals surface area contributed by atoms with Crippen molar-refractivity contribution in [2.75, 3.05) is 21.3 Å². The fourth-order valence-electron chi connectivity index (χ4n) is 2.64. The van der Waals surface area contributed by atoms with Gasteiger partial charge < -0.3 is 14.2 Å². The van der Waals surface area contributed by atoms with Gasteiger partial charge in [-0.15, -0.1) is 0 Å². The third kappa shape index (κ3) is 5.23. The summed E-state index contributed by atoms with van der Waals surface area (Å²) in [6.07, 6.45) is 0.750. The zero-order valence-corrected chi connectivity index (χ0v) is 16.4. The van der Waals surface area contributed by atoms with Crippen LogP contribution in [0.2, 0.25) is 0 Å².